The molecular weight excluding hydrogens is 272 g/mol. The summed E-state index contributed by atoms with van der Waals surface area (Å²) in [6, 6.07) is 9.21. The number of nitrogens with zero attached hydrogens (tertiary/aromatic N) is 2. The van der Waals surface area contributed by atoms with Crippen LogP contribution >= 0.6 is 12.2 Å². The van der Waals surface area contributed by atoms with Crippen molar-refractivity contribution in [1.29, 1.82) is 5.26 Å². The lowest BCUT2D eigenvalue weighted by atomic mass is 10.2. The number of nitriles is 1. The van der Waals surface area contributed by atoms with Crippen molar-refractivity contribution in [3.63, 3.8) is 0 Å². The van der Waals surface area contributed by atoms with Crippen LogP contribution in [-0.2, 0) is 4.74 Å². The van der Waals surface area contributed by atoms with Crippen LogP contribution in [0.25, 0.3) is 0 Å². The summed E-state index contributed by atoms with van der Waals surface area (Å²) < 4.78 is 5.48. The molecule has 0 radical (unpaired) electrons. The number of benzene rings is 1. The van der Waals surface area contributed by atoms with Gasteiger partial charge in [-0.05, 0) is 42.8 Å². The highest BCUT2D eigenvalue weighted by molar-refractivity contribution is 7.80. The number of hydrogen-bond acceptors (Lipinski definition) is 4. The van der Waals surface area contributed by atoms with Crippen LogP contribution < -0.4 is 10.7 Å². The zero-order valence-corrected chi connectivity index (χ0v) is 11.8. The van der Waals surface area contributed by atoms with Gasteiger partial charge in [0, 0.05) is 13.2 Å². The highest BCUT2D eigenvalue weighted by atomic mass is 32.1. The molecule has 5 nitrogen and oxygen atoms in total. The second kappa shape index (κ2) is 7.58. The Balaban J connectivity index is 1.71. The first-order valence-corrected chi connectivity index (χ1v) is 6.87. The predicted octanol–water partition coefficient (Wildman–Crippen LogP) is 1.54. The molecule has 1 unspecified atom stereocenters. The van der Waals surface area contributed by atoms with Gasteiger partial charge in [-0.3, -0.25) is 5.43 Å². The lowest BCUT2D eigenvalue weighted by molar-refractivity contribution is 0.114. The molecule has 0 bridgehead atoms. The van der Waals surface area contributed by atoms with Crippen molar-refractivity contribution in [3.05, 3.63) is 35.4 Å². The molecule has 6 heteroatoms. The van der Waals surface area contributed by atoms with E-state index in [4.69, 9.17) is 22.2 Å². The second-order valence-electron chi connectivity index (χ2n) is 4.45. The average Bonchev–Trinajstić information content (AvgIpc) is 2.99. The van der Waals surface area contributed by atoms with E-state index in [2.05, 4.69) is 21.9 Å². The van der Waals surface area contributed by atoms with Crippen LogP contribution in [0.4, 0.5) is 0 Å². The molecule has 0 spiro atoms. The Morgan fingerprint density at radius 1 is 1.50 bits per heavy atom. The van der Waals surface area contributed by atoms with Crippen LogP contribution in [0.5, 0.6) is 0 Å². The zero-order valence-electron chi connectivity index (χ0n) is 11.0. The van der Waals surface area contributed by atoms with Crippen LogP contribution in [0.3, 0.4) is 0 Å². The smallest absolute Gasteiger partial charge is 0.187 e. The van der Waals surface area contributed by atoms with E-state index < -0.39 is 0 Å². The van der Waals surface area contributed by atoms with E-state index in [-0.39, 0.29) is 6.10 Å². The van der Waals surface area contributed by atoms with Crippen molar-refractivity contribution in [2.45, 2.75) is 18.9 Å². The minimum Gasteiger partial charge on any atom is -0.376 e. The summed E-state index contributed by atoms with van der Waals surface area (Å²) in [5, 5.41) is 16.3. The summed E-state index contributed by atoms with van der Waals surface area (Å²) in [6.07, 6.45) is 4.09. The van der Waals surface area contributed by atoms with E-state index in [0.717, 1.165) is 25.0 Å². The molecule has 1 aliphatic rings. The average molecular weight is 288 g/mol. The molecule has 1 fully saturated rings. The lowest BCUT2D eigenvalue weighted by Crippen LogP contribution is -2.37. The number of nitrogens with one attached hydrogen (secondary N) is 2. The fourth-order valence-corrected chi connectivity index (χ4v) is 2.00. The third-order valence-electron chi connectivity index (χ3n) is 2.93. The third-order valence-corrected chi connectivity index (χ3v) is 3.17. The lowest BCUT2D eigenvalue weighted by Gasteiger charge is -2.11. The zero-order chi connectivity index (χ0) is 14.2. The van der Waals surface area contributed by atoms with Gasteiger partial charge in [-0.2, -0.15) is 10.4 Å². The summed E-state index contributed by atoms with van der Waals surface area (Å²) in [5.74, 6) is 0. The van der Waals surface area contributed by atoms with Crippen LogP contribution in [0.15, 0.2) is 29.4 Å². The monoisotopic (exact) mass is 288 g/mol. The van der Waals surface area contributed by atoms with Crippen molar-refractivity contribution < 1.29 is 4.74 Å². The topological polar surface area (TPSA) is 69.4 Å². The molecule has 1 aliphatic heterocycles. The first-order valence-electron chi connectivity index (χ1n) is 6.46. The summed E-state index contributed by atoms with van der Waals surface area (Å²) >= 11 is 5.11. The van der Waals surface area contributed by atoms with Gasteiger partial charge in [0.15, 0.2) is 5.11 Å². The van der Waals surface area contributed by atoms with Gasteiger partial charge >= 0.3 is 0 Å². The van der Waals surface area contributed by atoms with Gasteiger partial charge in [-0.25, -0.2) is 0 Å². The fraction of sp³-hybridized carbons (Fsp3) is 0.357. The van der Waals surface area contributed by atoms with E-state index in [1.807, 2.05) is 12.1 Å². The van der Waals surface area contributed by atoms with Gasteiger partial charge in [0.05, 0.1) is 24.0 Å². The highest BCUT2D eigenvalue weighted by Crippen LogP contribution is 2.10. The third kappa shape index (κ3) is 4.61. The normalized spacial score (nSPS) is 17.9. The maximum Gasteiger partial charge on any atom is 0.187 e. The van der Waals surface area contributed by atoms with Crippen LogP contribution in [0, 0.1) is 11.3 Å². The highest BCUT2D eigenvalue weighted by Gasteiger charge is 2.14. The van der Waals surface area contributed by atoms with Crippen LogP contribution in [0.1, 0.15) is 24.0 Å². The van der Waals surface area contributed by atoms with Gasteiger partial charge < -0.3 is 10.1 Å². The van der Waals surface area contributed by atoms with E-state index in [1.165, 1.54) is 0 Å². The molecule has 2 N–H and O–H groups in total. The van der Waals surface area contributed by atoms with E-state index in [9.17, 15) is 0 Å². The number of ether oxygens (including phenoxy) is 1. The number of hydrogen-bond donors (Lipinski definition) is 2. The molecule has 104 valence electrons. The molecule has 0 amide bonds. The minimum absolute atomic E-state index is 0.247. The molecule has 1 heterocycles. The number of thiocarbonyl (C=S) groups is 1. The van der Waals surface area contributed by atoms with Gasteiger partial charge in [0.1, 0.15) is 0 Å². The maximum absolute atomic E-state index is 8.69. The molecule has 1 atom stereocenters. The largest absolute Gasteiger partial charge is 0.376 e. The summed E-state index contributed by atoms with van der Waals surface area (Å²) in [6.45, 7) is 1.54. The number of rotatable bonds is 4. The summed E-state index contributed by atoms with van der Waals surface area (Å²) in [7, 11) is 0. The van der Waals surface area contributed by atoms with Crippen molar-refractivity contribution in [1.82, 2.24) is 10.7 Å². The fourth-order valence-electron chi connectivity index (χ4n) is 1.86. The van der Waals surface area contributed by atoms with Crippen molar-refractivity contribution in [2.75, 3.05) is 13.2 Å². The Hall–Kier alpha value is -1.97. The van der Waals surface area contributed by atoms with Crippen LogP contribution in [0.2, 0.25) is 0 Å². The predicted molar refractivity (Wildman–Crippen MR) is 81.5 cm³/mol. The first-order chi connectivity index (χ1) is 9.78. The molecule has 0 saturated carbocycles. The van der Waals surface area contributed by atoms with Gasteiger partial charge in [-0.15, -0.1) is 0 Å². The Bertz CT molecular complexity index is 515. The molecule has 0 aliphatic carbocycles. The van der Waals surface area contributed by atoms with Crippen molar-refractivity contribution in [2.24, 2.45) is 5.10 Å². The Morgan fingerprint density at radius 2 is 2.30 bits per heavy atom. The van der Waals surface area contributed by atoms with E-state index >= 15 is 0 Å². The van der Waals surface area contributed by atoms with Crippen LogP contribution in [-0.4, -0.2) is 30.6 Å². The van der Waals surface area contributed by atoms with Crippen molar-refractivity contribution >= 4 is 23.5 Å². The van der Waals surface area contributed by atoms with E-state index in [0.29, 0.717) is 17.2 Å². The molecule has 1 saturated heterocycles. The molecular formula is C14H16N4OS. The Labute approximate surface area is 123 Å². The van der Waals surface area contributed by atoms with Crippen molar-refractivity contribution in [3.8, 4) is 6.07 Å². The van der Waals surface area contributed by atoms with Gasteiger partial charge in [0.2, 0.25) is 0 Å². The first kappa shape index (κ1) is 14.4. The Morgan fingerprint density at radius 3 is 2.95 bits per heavy atom. The minimum atomic E-state index is 0.247. The standard InChI is InChI=1S/C14H16N4OS/c15-8-11-3-5-12(6-4-11)9-17-18-14(20)16-10-13-2-1-7-19-13/h3-6,9,13H,1-2,7,10H2,(H2,16,18,20). The molecule has 2 rings (SSSR count). The maximum atomic E-state index is 8.69. The van der Waals surface area contributed by atoms with Gasteiger partial charge in [0.25, 0.3) is 0 Å². The van der Waals surface area contributed by atoms with E-state index in [1.54, 1.807) is 18.3 Å². The molecule has 1 aromatic carbocycles. The molecule has 1 aromatic rings. The SMILES string of the molecule is N#Cc1ccc(C=NNC(=S)NCC2CCCO2)cc1. The Kier molecular flexibility index (Phi) is 5.47. The molecule has 20 heavy (non-hydrogen) atoms. The molecule has 0 aromatic heterocycles. The summed E-state index contributed by atoms with van der Waals surface area (Å²) in [5.41, 5.74) is 4.28. The number of hydrazone groups is 1. The van der Waals surface area contributed by atoms with Gasteiger partial charge in [-0.1, -0.05) is 12.1 Å². The quantitative estimate of drug-likeness (QED) is 0.499. The summed E-state index contributed by atoms with van der Waals surface area (Å²) in [4.78, 5) is 0. The second-order valence-corrected chi connectivity index (χ2v) is 4.86.